The summed E-state index contributed by atoms with van der Waals surface area (Å²) in [5.74, 6) is -0.103. The zero-order valence-electron chi connectivity index (χ0n) is 12.1. The SMILES string of the molecule is CC1(CNC(=O)c2cc(-c3cccs3)[nH]n2)CCNCC1. The highest BCUT2D eigenvalue weighted by molar-refractivity contribution is 7.13. The number of piperidine rings is 1. The van der Waals surface area contributed by atoms with E-state index in [9.17, 15) is 4.79 Å². The number of amides is 1. The monoisotopic (exact) mass is 304 g/mol. The van der Waals surface area contributed by atoms with Gasteiger partial charge in [-0.05, 0) is 48.9 Å². The van der Waals surface area contributed by atoms with Crippen LogP contribution in [0.15, 0.2) is 23.6 Å². The predicted molar refractivity (Wildman–Crippen MR) is 84.4 cm³/mol. The summed E-state index contributed by atoms with van der Waals surface area (Å²) in [5.41, 5.74) is 1.53. The number of aromatic amines is 1. The maximum Gasteiger partial charge on any atom is 0.271 e. The van der Waals surface area contributed by atoms with Crippen molar-refractivity contribution in [3.05, 3.63) is 29.3 Å². The Morgan fingerprint density at radius 2 is 2.29 bits per heavy atom. The molecule has 2 aromatic rings. The third kappa shape index (κ3) is 3.33. The summed E-state index contributed by atoms with van der Waals surface area (Å²) in [6.07, 6.45) is 2.18. The lowest BCUT2D eigenvalue weighted by Gasteiger charge is -2.34. The highest BCUT2D eigenvalue weighted by atomic mass is 32.1. The van der Waals surface area contributed by atoms with Gasteiger partial charge in [-0.25, -0.2) is 0 Å². The Labute approximate surface area is 128 Å². The van der Waals surface area contributed by atoms with Gasteiger partial charge >= 0.3 is 0 Å². The van der Waals surface area contributed by atoms with Crippen molar-refractivity contribution in [1.29, 1.82) is 0 Å². The highest BCUT2D eigenvalue weighted by Crippen LogP contribution is 2.27. The van der Waals surface area contributed by atoms with Crippen LogP contribution in [0.5, 0.6) is 0 Å². The summed E-state index contributed by atoms with van der Waals surface area (Å²) in [6.45, 7) is 4.99. The Bertz CT molecular complexity index is 599. The summed E-state index contributed by atoms with van der Waals surface area (Å²) < 4.78 is 0. The van der Waals surface area contributed by atoms with E-state index >= 15 is 0 Å². The Hall–Kier alpha value is -1.66. The smallest absolute Gasteiger partial charge is 0.271 e. The van der Waals surface area contributed by atoms with Crippen LogP contribution in [0.4, 0.5) is 0 Å². The molecular formula is C15H20N4OS. The molecule has 0 atom stereocenters. The summed E-state index contributed by atoms with van der Waals surface area (Å²) in [5, 5.41) is 15.4. The van der Waals surface area contributed by atoms with Crippen molar-refractivity contribution in [2.24, 2.45) is 5.41 Å². The minimum atomic E-state index is -0.103. The fraction of sp³-hybridized carbons (Fsp3) is 0.467. The number of H-pyrrole nitrogens is 1. The van der Waals surface area contributed by atoms with Crippen LogP contribution < -0.4 is 10.6 Å². The minimum absolute atomic E-state index is 0.103. The molecule has 5 nitrogen and oxygen atoms in total. The molecule has 0 unspecified atom stereocenters. The first kappa shape index (κ1) is 14.3. The average Bonchev–Trinajstić information content (AvgIpc) is 3.16. The molecule has 1 aliphatic rings. The van der Waals surface area contributed by atoms with Crippen molar-refractivity contribution in [1.82, 2.24) is 20.8 Å². The third-order valence-electron chi connectivity index (χ3n) is 4.08. The molecule has 1 saturated heterocycles. The summed E-state index contributed by atoms with van der Waals surface area (Å²) >= 11 is 1.63. The van der Waals surface area contributed by atoms with Crippen LogP contribution in [0, 0.1) is 5.41 Å². The van der Waals surface area contributed by atoms with Crippen LogP contribution in [-0.4, -0.2) is 35.7 Å². The fourth-order valence-electron chi connectivity index (χ4n) is 2.59. The molecule has 3 rings (SSSR count). The molecule has 1 fully saturated rings. The number of aromatic nitrogens is 2. The number of hydrogen-bond acceptors (Lipinski definition) is 4. The molecule has 0 aromatic carbocycles. The van der Waals surface area contributed by atoms with E-state index in [1.807, 2.05) is 23.6 Å². The Balaban J connectivity index is 1.61. The van der Waals surface area contributed by atoms with Crippen LogP contribution >= 0.6 is 11.3 Å². The molecule has 0 aliphatic carbocycles. The van der Waals surface area contributed by atoms with Gasteiger partial charge in [-0.2, -0.15) is 5.10 Å². The van der Waals surface area contributed by atoms with Gasteiger partial charge in [0.1, 0.15) is 0 Å². The molecule has 3 heterocycles. The van der Waals surface area contributed by atoms with Gasteiger partial charge in [0.25, 0.3) is 5.91 Å². The molecule has 0 bridgehead atoms. The predicted octanol–water partition coefficient (Wildman–Crippen LogP) is 2.26. The first-order valence-corrected chi connectivity index (χ1v) is 8.12. The van der Waals surface area contributed by atoms with E-state index in [4.69, 9.17) is 0 Å². The highest BCUT2D eigenvalue weighted by Gasteiger charge is 2.27. The molecule has 6 heteroatoms. The van der Waals surface area contributed by atoms with E-state index < -0.39 is 0 Å². The molecule has 112 valence electrons. The van der Waals surface area contributed by atoms with Crippen molar-refractivity contribution >= 4 is 17.2 Å². The van der Waals surface area contributed by atoms with Crippen molar-refractivity contribution in [3.8, 4) is 10.6 Å². The topological polar surface area (TPSA) is 69.8 Å². The van der Waals surface area contributed by atoms with Crippen molar-refractivity contribution in [2.75, 3.05) is 19.6 Å². The second kappa shape index (κ2) is 5.99. The molecule has 2 aromatic heterocycles. The molecule has 0 radical (unpaired) electrons. The maximum atomic E-state index is 12.2. The van der Waals surface area contributed by atoms with Crippen molar-refractivity contribution in [2.45, 2.75) is 19.8 Å². The molecular weight excluding hydrogens is 284 g/mol. The van der Waals surface area contributed by atoms with Crippen molar-refractivity contribution in [3.63, 3.8) is 0 Å². The molecule has 0 spiro atoms. The van der Waals surface area contributed by atoms with Gasteiger partial charge < -0.3 is 10.6 Å². The number of carbonyl (C=O) groups is 1. The summed E-state index contributed by atoms with van der Waals surface area (Å²) in [7, 11) is 0. The van der Waals surface area contributed by atoms with Crippen LogP contribution in [0.3, 0.4) is 0 Å². The van der Waals surface area contributed by atoms with Gasteiger partial charge in [0, 0.05) is 6.54 Å². The number of nitrogens with zero attached hydrogens (tertiary/aromatic N) is 1. The van der Waals surface area contributed by atoms with Gasteiger partial charge in [-0.1, -0.05) is 13.0 Å². The molecule has 0 saturated carbocycles. The van der Waals surface area contributed by atoms with E-state index in [-0.39, 0.29) is 11.3 Å². The average molecular weight is 304 g/mol. The molecule has 1 aliphatic heterocycles. The zero-order chi connectivity index (χ0) is 14.7. The first-order valence-electron chi connectivity index (χ1n) is 7.25. The van der Waals surface area contributed by atoms with Gasteiger partial charge in [-0.15, -0.1) is 11.3 Å². The molecule has 3 N–H and O–H groups in total. The Kier molecular flexibility index (Phi) is 4.07. The van der Waals surface area contributed by atoms with Crippen LogP contribution in [0.1, 0.15) is 30.3 Å². The fourth-order valence-corrected chi connectivity index (χ4v) is 3.28. The van der Waals surface area contributed by atoms with E-state index in [2.05, 4.69) is 27.8 Å². The van der Waals surface area contributed by atoms with Crippen molar-refractivity contribution < 1.29 is 4.79 Å². The lowest BCUT2D eigenvalue weighted by Crippen LogP contribution is -2.42. The molecule has 1 amide bonds. The number of thiophene rings is 1. The zero-order valence-corrected chi connectivity index (χ0v) is 12.9. The second-order valence-electron chi connectivity index (χ2n) is 5.89. The van der Waals surface area contributed by atoms with E-state index in [1.165, 1.54) is 0 Å². The lowest BCUT2D eigenvalue weighted by atomic mass is 9.81. The molecule has 21 heavy (non-hydrogen) atoms. The van der Waals surface area contributed by atoms with Crippen LogP contribution in [0.25, 0.3) is 10.6 Å². The maximum absolute atomic E-state index is 12.2. The normalized spacial score (nSPS) is 17.6. The summed E-state index contributed by atoms with van der Waals surface area (Å²) in [4.78, 5) is 13.3. The third-order valence-corrected chi connectivity index (χ3v) is 4.99. The van der Waals surface area contributed by atoms with Gasteiger partial charge in [0.15, 0.2) is 5.69 Å². The van der Waals surface area contributed by atoms with Crippen LogP contribution in [-0.2, 0) is 0 Å². The second-order valence-corrected chi connectivity index (χ2v) is 6.84. The number of rotatable bonds is 4. The van der Waals surface area contributed by atoms with Gasteiger partial charge in [-0.3, -0.25) is 9.89 Å². The van der Waals surface area contributed by atoms with Gasteiger partial charge in [0.2, 0.25) is 0 Å². The summed E-state index contributed by atoms with van der Waals surface area (Å²) in [6, 6.07) is 5.81. The number of nitrogens with one attached hydrogen (secondary N) is 3. The standard InChI is InChI=1S/C15H20N4OS/c1-15(4-6-16-7-5-15)10-17-14(20)12-9-11(18-19-12)13-3-2-8-21-13/h2-3,8-9,16H,4-7,10H2,1H3,(H,17,20)(H,18,19). The van der Waals surface area contributed by atoms with E-state index in [0.29, 0.717) is 12.2 Å². The van der Waals surface area contributed by atoms with E-state index in [1.54, 1.807) is 11.3 Å². The van der Waals surface area contributed by atoms with E-state index in [0.717, 1.165) is 36.5 Å². The van der Waals surface area contributed by atoms with Gasteiger partial charge in [0.05, 0.1) is 10.6 Å². The Morgan fingerprint density at radius 3 is 3.00 bits per heavy atom. The number of carbonyl (C=O) groups excluding carboxylic acids is 1. The first-order chi connectivity index (χ1) is 10.2. The van der Waals surface area contributed by atoms with Crippen LogP contribution in [0.2, 0.25) is 0 Å². The quantitative estimate of drug-likeness (QED) is 0.811. The number of hydrogen-bond donors (Lipinski definition) is 3. The largest absolute Gasteiger partial charge is 0.350 e. The Morgan fingerprint density at radius 1 is 1.48 bits per heavy atom. The lowest BCUT2D eigenvalue weighted by molar-refractivity contribution is 0.0917. The minimum Gasteiger partial charge on any atom is -0.350 e.